The Labute approximate surface area is 123 Å². The molecule has 1 aliphatic rings. The van der Waals surface area contributed by atoms with E-state index in [0.717, 1.165) is 11.3 Å². The number of carboxylic acid groups (broad SMARTS) is 1. The Morgan fingerprint density at radius 3 is 2.52 bits per heavy atom. The van der Waals surface area contributed by atoms with Crippen LogP contribution < -0.4 is 4.90 Å². The molecule has 1 heterocycles. The van der Waals surface area contributed by atoms with Crippen LogP contribution in [0.2, 0.25) is 0 Å². The van der Waals surface area contributed by atoms with Gasteiger partial charge in [0.25, 0.3) is 0 Å². The highest BCUT2D eigenvalue weighted by molar-refractivity contribution is 7.91. The molecular weight excluding hydrogens is 294 g/mol. The number of aliphatic hydroxyl groups excluding tert-OH is 1. The summed E-state index contributed by atoms with van der Waals surface area (Å²) in [6.07, 6.45) is -1.11. The van der Waals surface area contributed by atoms with Crippen LogP contribution >= 0.6 is 0 Å². The van der Waals surface area contributed by atoms with E-state index in [4.69, 9.17) is 5.11 Å². The van der Waals surface area contributed by atoms with Gasteiger partial charge in [-0.3, -0.25) is 4.79 Å². The van der Waals surface area contributed by atoms with Gasteiger partial charge in [0.05, 0.1) is 30.1 Å². The van der Waals surface area contributed by atoms with Gasteiger partial charge in [-0.1, -0.05) is 18.2 Å². The summed E-state index contributed by atoms with van der Waals surface area (Å²) in [7, 11) is -3.29. The number of aliphatic hydroxyl groups is 1. The molecule has 0 aromatic heterocycles. The second-order valence-corrected chi connectivity index (χ2v) is 7.49. The number of hydrogen-bond donors (Lipinski definition) is 2. The van der Waals surface area contributed by atoms with Crippen LogP contribution in [0.25, 0.3) is 0 Å². The van der Waals surface area contributed by atoms with Crippen molar-refractivity contribution < 1.29 is 23.4 Å². The zero-order valence-corrected chi connectivity index (χ0v) is 12.6. The number of para-hydroxylation sites is 1. The van der Waals surface area contributed by atoms with Gasteiger partial charge in [-0.15, -0.1) is 0 Å². The van der Waals surface area contributed by atoms with Crippen molar-refractivity contribution in [1.82, 2.24) is 0 Å². The normalized spacial score (nSPS) is 23.9. The summed E-state index contributed by atoms with van der Waals surface area (Å²) in [4.78, 5) is 12.5. The molecule has 2 N–H and O–H groups in total. The standard InChI is InChI=1S/C14H19NO5S/c1-10-4-2-3-5-11(10)15(7-6-14(17)18)12-8-21(19,20)9-13(12)16/h2-5,12-13,16H,6-9H2,1H3,(H,17,18). The highest BCUT2D eigenvalue weighted by Gasteiger charge is 2.40. The van der Waals surface area contributed by atoms with Crippen LogP contribution in [-0.4, -0.2) is 54.8 Å². The number of aryl methyl sites for hydroxylation is 1. The van der Waals surface area contributed by atoms with E-state index in [1.165, 1.54) is 0 Å². The van der Waals surface area contributed by atoms with Gasteiger partial charge in [-0.25, -0.2) is 8.42 Å². The van der Waals surface area contributed by atoms with Gasteiger partial charge in [0.1, 0.15) is 0 Å². The number of carbonyl (C=O) groups is 1. The van der Waals surface area contributed by atoms with Crippen molar-refractivity contribution in [3.05, 3.63) is 29.8 Å². The van der Waals surface area contributed by atoms with E-state index >= 15 is 0 Å². The van der Waals surface area contributed by atoms with E-state index in [1.807, 2.05) is 31.2 Å². The monoisotopic (exact) mass is 313 g/mol. The number of carboxylic acids is 1. The van der Waals surface area contributed by atoms with E-state index in [2.05, 4.69) is 0 Å². The number of rotatable bonds is 5. The minimum atomic E-state index is -3.29. The van der Waals surface area contributed by atoms with Crippen LogP contribution in [0.5, 0.6) is 0 Å². The summed E-state index contributed by atoms with van der Waals surface area (Å²) < 4.78 is 23.4. The molecule has 0 bridgehead atoms. The first-order valence-electron chi connectivity index (χ1n) is 6.73. The van der Waals surface area contributed by atoms with E-state index < -0.39 is 28.0 Å². The van der Waals surface area contributed by atoms with E-state index in [-0.39, 0.29) is 24.5 Å². The molecule has 1 aliphatic heterocycles. The Kier molecular flexibility index (Phi) is 4.53. The van der Waals surface area contributed by atoms with Crippen molar-refractivity contribution in [3.63, 3.8) is 0 Å². The highest BCUT2D eigenvalue weighted by Crippen LogP contribution is 2.27. The second kappa shape index (κ2) is 6.03. The third-order valence-electron chi connectivity index (χ3n) is 3.69. The zero-order chi connectivity index (χ0) is 15.6. The number of aliphatic carboxylic acids is 1. The number of anilines is 1. The molecule has 1 aromatic rings. The van der Waals surface area contributed by atoms with Crippen LogP contribution in [0.3, 0.4) is 0 Å². The Morgan fingerprint density at radius 1 is 1.33 bits per heavy atom. The van der Waals surface area contributed by atoms with Crippen molar-refractivity contribution in [2.75, 3.05) is 23.0 Å². The molecule has 116 valence electrons. The molecule has 7 heteroatoms. The first-order valence-corrected chi connectivity index (χ1v) is 8.55. The van der Waals surface area contributed by atoms with Crippen molar-refractivity contribution in [1.29, 1.82) is 0 Å². The van der Waals surface area contributed by atoms with Gasteiger partial charge in [-0.2, -0.15) is 0 Å². The molecule has 21 heavy (non-hydrogen) atoms. The summed E-state index contributed by atoms with van der Waals surface area (Å²) in [5.74, 6) is -1.38. The van der Waals surface area contributed by atoms with Crippen LogP contribution in [0.4, 0.5) is 5.69 Å². The van der Waals surface area contributed by atoms with Crippen molar-refractivity contribution in [2.24, 2.45) is 0 Å². The molecule has 0 spiro atoms. The lowest BCUT2D eigenvalue weighted by atomic mass is 10.1. The lowest BCUT2D eigenvalue weighted by molar-refractivity contribution is -0.136. The number of benzene rings is 1. The average Bonchev–Trinajstić information content (AvgIpc) is 2.65. The van der Waals surface area contributed by atoms with Crippen LogP contribution in [0.1, 0.15) is 12.0 Å². The molecule has 2 unspecified atom stereocenters. The number of hydrogen-bond acceptors (Lipinski definition) is 5. The third kappa shape index (κ3) is 3.74. The topological polar surface area (TPSA) is 94.9 Å². The predicted octanol–water partition coefficient (Wildman–Crippen LogP) is 0.434. The summed E-state index contributed by atoms with van der Waals surface area (Å²) in [5.41, 5.74) is 1.68. The summed E-state index contributed by atoms with van der Waals surface area (Å²) in [6, 6.07) is 6.76. The van der Waals surface area contributed by atoms with Gasteiger partial charge in [0.15, 0.2) is 9.84 Å². The largest absolute Gasteiger partial charge is 0.481 e. The van der Waals surface area contributed by atoms with Crippen LogP contribution in [0, 0.1) is 6.92 Å². The first kappa shape index (κ1) is 15.8. The molecule has 0 aliphatic carbocycles. The van der Waals surface area contributed by atoms with Crippen molar-refractivity contribution in [2.45, 2.75) is 25.5 Å². The molecule has 1 aromatic carbocycles. The molecule has 2 atom stereocenters. The second-order valence-electron chi connectivity index (χ2n) is 5.34. The zero-order valence-electron chi connectivity index (χ0n) is 11.8. The van der Waals surface area contributed by atoms with E-state index in [0.29, 0.717) is 0 Å². The summed E-state index contributed by atoms with van der Waals surface area (Å²) in [5, 5.41) is 18.9. The van der Waals surface area contributed by atoms with E-state index in [9.17, 15) is 18.3 Å². The van der Waals surface area contributed by atoms with Gasteiger partial charge in [0.2, 0.25) is 0 Å². The first-order chi connectivity index (χ1) is 9.80. The molecular formula is C14H19NO5S. The third-order valence-corrected chi connectivity index (χ3v) is 5.38. The molecule has 2 rings (SSSR count). The lowest BCUT2D eigenvalue weighted by Gasteiger charge is -2.33. The minimum Gasteiger partial charge on any atom is -0.481 e. The van der Waals surface area contributed by atoms with Gasteiger partial charge < -0.3 is 15.1 Å². The Balaban J connectivity index is 2.33. The Morgan fingerprint density at radius 2 is 2.00 bits per heavy atom. The molecule has 0 amide bonds. The quantitative estimate of drug-likeness (QED) is 0.819. The smallest absolute Gasteiger partial charge is 0.305 e. The van der Waals surface area contributed by atoms with Crippen LogP contribution in [-0.2, 0) is 14.6 Å². The maximum absolute atomic E-state index is 11.7. The molecule has 0 radical (unpaired) electrons. The SMILES string of the molecule is Cc1ccccc1N(CCC(=O)O)C1CS(=O)(=O)CC1O. The number of nitrogens with zero attached hydrogens (tertiary/aromatic N) is 1. The van der Waals surface area contributed by atoms with Gasteiger partial charge in [-0.05, 0) is 18.6 Å². The fourth-order valence-electron chi connectivity index (χ4n) is 2.67. The molecule has 0 saturated carbocycles. The number of sulfone groups is 1. The maximum Gasteiger partial charge on any atom is 0.305 e. The highest BCUT2D eigenvalue weighted by atomic mass is 32.2. The molecule has 1 fully saturated rings. The predicted molar refractivity (Wildman–Crippen MR) is 79.2 cm³/mol. The lowest BCUT2D eigenvalue weighted by Crippen LogP contribution is -2.44. The fourth-order valence-corrected chi connectivity index (χ4v) is 4.48. The van der Waals surface area contributed by atoms with Gasteiger partial charge >= 0.3 is 5.97 Å². The van der Waals surface area contributed by atoms with Gasteiger partial charge in [0, 0.05) is 12.2 Å². The fraction of sp³-hybridized carbons (Fsp3) is 0.500. The Bertz CT molecular complexity index is 628. The minimum absolute atomic E-state index is 0.113. The van der Waals surface area contributed by atoms with Crippen LogP contribution in [0.15, 0.2) is 24.3 Å². The van der Waals surface area contributed by atoms with Crippen molar-refractivity contribution in [3.8, 4) is 0 Å². The maximum atomic E-state index is 11.7. The Hall–Kier alpha value is -1.60. The molecule has 6 nitrogen and oxygen atoms in total. The summed E-state index contributed by atoms with van der Waals surface area (Å²) in [6.45, 7) is 2.04. The summed E-state index contributed by atoms with van der Waals surface area (Å²) >= 11 is 0. The van der Waals surface area contributed by atoms with Crippen molar-refractivity contribution >= 4 is 21.5 Å². The van der Waals surface area contributed by atoms with E-state index in [1.54, 1.807) is 4.90 Å². The molecule has 1 saturated heterocycles. The average molecular weight is 313 g/mol.